The van der Waals surface area contributed by atoms with Crippen molar-refractivity contribution >= 4 is 5.78 Å². The zero-order valence-electron chi connectivity index (χ0n) is 13.1. The molecule has 4 heteroatoms. The lowest BCUT2D eigenvalue weighted by molar-refractivity contribution is 0.0338. The van der Waals surface area contributed by atoms with E-state index < -0.39 is 0 Å². The van der Waals surface area contributed by atoms with Crippen LogP contribution in [0, 0.1) is 12.8 Å². The van der Waals surface area contributed by atoms with Gasteiger partial charge in [0.05, 0.1) is 7.11 Å². The van der Waals surface area contributed by atoms with Crippen LogP contribution in [0.1, 0.15) is 48.0 Å². The number of ketones is 1. The molecule has 0 spiro atoms. The Hall–Kier alpha value is -1.42. The van der Waals surface area contributed by atoms with Gasteiger partial charge in [-0.15, -0.1) is 0 Å². The molecule has 1 aromatic heterocycles. The Morgan fingerprint density at radius 3 is 2.57 bits per heavy atom. The van der Waals surface area contributed by atoms with Gasteiger partial charge in [0.1, 0.15) is 0 Å². The number of piperidine rings is 2. The van der Waals surface area contributed by atoms with Crippen LogP contribution in [0.4, 0.5) is 0 Å². The molecule has 21 heavy (non-hydrogen) atoms. The predicted molar refractivity (Wildman–Crippen MR) is 81.8 cm³/mol. The molecule has 0 N–H and O–H groups in total. The number of fused-ring (bicyclic) bond motifs is 2. The van der Waals surface area contributed by atoms with E-state index in [-0.39, 0.29) is 11.7 Å². The summed E-state index contributed by atoms with van der Waals surface area (Å²) in [6.07, 6.45) is 7.44. The van der Waals surface area contributed by atoms with E-state index in [1.165, 1.54) is 19.3 Å². The second kappa shape index (κ2) is 5.76. The molecule has 114 valence electrons. The topological polar surface area (TPSA) is 42.4 Å². The van der Waals surface area contributed by atoms with Crippen molar-refractivity contribution in [1.29, 1.82) is 0 Å². The molecule has 2 aliphatic heterocycles. The average Bonchev–Trinajstić information content (AvgIpc) is 2.46. The summed E-state index contributed by atoms with van der Waals surface area (Å²) in [6.45, 7) is 1.94. The maximum Gasteiger partial charge on any atom is 0.215 e. The number of carbonyl (C=O) groups is 1. The van der Waals surface area contributed by atoms with Gasteiger partial charge in [0.2, 0.25) is 5.88 Å². The van der Waals surface area contributed by atoms with E-state index in [0.29, 0.717) is 18.0 Å². The Kier molecular flexibility index (Phi) is 3.98. The highest BCUT2D eigenvalue weighted by Gasteiger charge is 2.38. The molecule has 2 unspecified atom stereocenters. The molecular weight excluding hydrogens is 264 g/mol. The standard InChI is InChI=1S/C17H24N2O2/c1-11-7-13(10-18-17(11)21-3)16(20)12-8-14-5-4-6-15(9-12)19(14)2/h7,10,12,14-15H,4-6,8-9H2,1-3H3. The Bertz CT molecular complexity index is 530. The van der Waals surface area contributed by atoms with E-state index in [4.69, 9.17) is 4.74 Å². The van der Waals surface area contributed by atoms with Crippen molar-refractivity contribution in [3.05, 3.63) is 23.4 Å². The molecule has 3 heterocycles. The summed E-state index contributed by atoms with van der Waals surface area (Å²) in [5.41, 5.74) is 1.66. The first-order valence-corrected chi connectivity index (χ1v) is 7.87. The average molecular weight is 288 g/mol. The molecule has 1 aromatic rings. The maximum atomic E-state index is 12.8. The highest BCUT2D eigenvalue weighted by molar-refractivity contribution is 5.98. The zero-order chi connectivity index (χ0) is 15.0. The third kappa shape index (κ3) is 2.69. The molecule has 4 nitrogen and oxygen atoms in total. The molecule has 2 atom stereocenters. The van der Waals surface area contributed by atoms with Gasteiger partial charge >= 0.3 is 0 Å². The molecule has 2 saturated heterocycles. The van der Waals surface area contributed by atoms with Crippen LogP contribution in [0.15, 0.2) is 12.3 Å². The summed E-state index contributed by atoms with van der Waals surface area (Å²) in [5, 5.41) is 0. The fourth-order valence-corrected chi connectivity index (χ4v) is 3.98. The second-order valence-corrected chi connectivity index (χ2v) is 6.49. The number of aromatic nitrogens is 1. The lowest BCUT2D eigenvalue weighted by Crippen LogP contribution is -2.51. The number of hydrogen-bond acceptors (Lipinski definition) is 4. The molecular formula is C17H24N2O2. The van der Waals surface area contributed by atoms with Gasteiger partial charge in [0.15, 0.2) is 5.78 Å². The summed E-state index contributed by atoms with van der Waals surface area (Å²) < 4.78 is 5.17. The van der Waals surface area contributed by atoms with Crippen molar-refractivity contribution in [2.45, 2.75) is 51.1 Å². The summed E-state index contributed by atoms with van der Waals surface area (Å²) in [4.78, 5) is 19.5. The van der Waals surface area contributed by atoms with E-state index in [2.05, 4.69) is 16.9 Å². The Morgan fingerprint density at radius 2 is 2.00 bits per heavy atom. The molecule has 0 aromatic carbocycles. The Labute approximate surface area is 126 Å². The third-order valence-corrected chi connectivity index (χ3v) is 5.22. The molecule has 0 amide bonds. The summed E-state index contributed by atoms with van der Waals surface area (Å²) in [6, 6.07) is 3.08. The van der Waals surface area contributed by atoms with Gasteiger partial charge in [-0.25, -0.2) is 4.98 Å². The van der Waals surface area contributed by atoms with E-state index >= 15 is 0 Å². The quantitative estimate of drug-likeness (QED) is 0.802. The lowest BCUT2D eigenvalue weighted by atomic mass is 9.76. The largest absolute Gasteiger partial charge is 0.481 e. The molecule has 0 aliphatic carbocycles. The molecule has 2 aliphatic rings. The van der Waals surface area contributed by atoms with Crippen molar-refractivity contribution in [3.8, 4) is 5.88 Å². The molecule has 2 fully saturated rings. The highest BCUT2D eigenvalue weighted by atomic mass is 16.5. The summed E-state index contributed by atoms with van der Waals surface area (Å²) in [7, 11) is 3.82. The Morgan fingerprint density at radius 1 is 1.33 bits per heavy atom. The highest BCUT2D eigenvalue weighted by Crippen LogP contribution is 2.37. The van der Waals surface area contributed by atoms with Crippen LogP contribution in [0.25, 0.3) is 0 Å². The number of hydrogen-bond donors (Lipinski definition) is 0. The second-order valence-electron chi connectivity index (χ2n) is 6.49. The normalized spacial score (nSPS) is 29.2. The van der Waals surface area contributed by atoms with Crippen molar-refractivity contribution in [3.63, 3.8) is 0 Å². The first kappa shape index (κ1) is 14.5. The van der Waals surface area contributed by atoms with E-state index in [9.17, 15) is 4.79 Å². The van der Waals surface area contributed by atoms with Crippen LogP contribution in [-0.2, 0) is 0 Å². The van der Waals surface area contributed by atoms with Crippen LogP contribution in [0.5, 0.6) is 5.88 Å². The van der Waals surface area contributed by atoms with Gasteiger partial charge in [0.25, 0.3) is 0 Å². The first-order valence-electron chi connectivity index (χ1n) is 7.87. The SMILES string of the molecule is COc1ncc(C(=O)C2CC3CCCC(C2)N3C)cc1C. The summed E-state index contributed by atoms with van der Waals surface area (Å²) in [5.74, 6) is 1.02. The van der Waals surface area contributed by atoms with Crippen LogP contribution in [0.3, 0.4) is 0 Å². The minimum atomic E-state index is 0.158. The maximum absolute atomic E-state index is 12.8. The van der Waals surface area contributed by atoms with Gasteiger partial charge in [-0.1, -0.05) is 6.42 Å². The van der Waals surface area contributed by atoms with Gasteiger partial charge in [-0.05, 0) is 45.7 Å². The minimum absolute atomic E-state index is 0.158. The first-order chi connectivity index (χ1) is 10.1. The number of ether oxygens (including phenoxy) is 1. The van der Waals surface area contributed by atoms with Crippen molar-refractivity contribution in [1.82, 2.24) is 9.88 Å². The number of rotatable bonds is 3. The van der Waals surface area contributed by atoms with Crippen molar-refractivity contribution in [2.24, 2.45) is 5.92 Å². The Balaban J connectivity index is 1.78. The fraction of sp³-hybridized carbons (Fsp3) is 0.647. The van der Waals surface area contributed by atoms with Crippen LogP contribution in [0.2, 0.25) is 0 Å². The van der Waals surface area contributed by atoms with Gasteiger partial charge in [0, 0.05) is 35.3 Å². The number of Topliss-reactive ketones (excluding diaryl/α,β-unsaturated/α-hetero) is 1. The summed E-state index contributed by atoms with van der Waals surface area (Å²) >= 11 is 0. The van der Waals surface area contributed by atoms with Gasteiger partial charge in [-0.2, -0.15) is 0 Å². The lowest BCUT2D eigenvalue weighted by Gasteiger charge is -2.46. The van der Waals surface area contributed by atoms with Crippen LogP contribution < -0.4 is 4.74 Å². The van der Waals surface area contributed by atoms with E-state index in [1.54, 1.807) is 13.3 Å². The third-order valence-electron chi connectivity index (χ3n) is 5.22. The van der Waals surface area contributed by atoms with Crippen LogP contribution in [-0.4, -0.2) is 41.9 Å². The van der Waals surface area contributed by atoms with Gasteiger partial charge in [-0.3, -0.25) is 4.79 Å². The van der Waals surface area contributed by atoms with E-state index in [1.807, 2.05) is 13.0 Å². The smallest absolute Gasteiger partial charge is 0.215 e. The zero-order valence-corrected chi connectivity index (χ0v) is 13.1. The van der Waals surface area contributed by atoms with Crippen LogP contribution >= 0.6 is 0 Å². The van der Waals surface area contributed by atoms with E-state index in [0.717, 1.165) is 24.0 Å². The molecule has 2 bridgehead atoms. The number of carbonyl (C=O) groups excluding carboxylic acids is 1. The monoisotopic (exact) mass is 288 g/mol. The molecule has 3 rings (SSSR count). The molecule has 0 radical (unpaired) electrons. The number of pyridine rings is 1. The minimum Gasteiger partial charge on any atom is -0.481 e. The van der Waals surface area contributed by atoms with Crippen molar-refractivity contribution in [2.75, 3.05) is 14.2 Å². The number of aryl methyl sites for hydroxylation is 1. The van der Waals surface area contributed by atoms with Crippen molar-refractivity contribution < 1.29 is 9.53 Å². The predicted octanol–water partition coefficient (Wildman–Crippen LogP) is 2.84. The number of methoxy groups -OCH3 is 1. The fourth-order valence-electron chi connectivity index (χ4n) is 3.98. The number of nitrogens with zero attached hydrogens (tertiary/aromatic N) is 2. The molecule has 0 saturated carbocycles. The van der Waals surface area contributed by atoms with Gasteiger partial charge < -0.3 is 9.64 Å².